The molecule has 1 aromatic rings. The maximum absolute atomic E-state index is 13.3. The average molecular weight is 268 g/mol. The van der Waals surface area contributed by atoms with Crippen molar-refractivity contribution in [3.05, 3.63) is 30.1 Å². The number of carboxylic acids is 1. The van der Waals surface area contributed by atoms with Crippen LogP contribution in [0.1, 0.15) is 26.2 Å². The highest BCUT2D eigenvalue weighted by molar-refractivity contribution is 5.89. The molecule has 3 N–H and O–H groups in total. The van der Waals surface area contributed by atoms with Gasteiger partial charge >= 0.3 is 12.0 Å². The normalized spacial score (nSPS) is 11.7. The minimum atomic E-state index is -0.982. The number of para-hydroxylation sites is 1. The second-order valence-electron chi connectivity index (χ2n) is 4.16. The van der Waals surface area contributed by atoms with E-state index in [0.717, 1.165) is 6.42 Å². The van der Waals surface area contributed by atoms with Gasteiger partial charge in [-0.2, -0.15) is 0 Å². The van der Waals surface area contributed by atoms with Gasteiger partial charge in [0.2, 0.25) is 0 Å². The molecule has 0 fully saturated rings. The topological polar surface area (TPSA) is 78.4 Å². The first kappa shape index (κ1) is 14.9. The van der Waals surface area contributed by atoms with Crippen LogP contribution in [0.4, 0.5) is 14.9 Å². The SMILES string of the molecule is CCCC(CC(=O)O)NC(=O)Nc1ccccc1F. The fourth-order valence-electron chi connectivity index (χ4n) is 1.69. The van der Waals surface area contributed by atoms with Gasteiger partial charge in [-0.25, -0.2) is 9.18 Å². The number of hydrogen-bond acceptors (Lipinski definition) is 2. The van der Waals surface area contributed by atoms with Crippen molar-refractivity contribution in [2.24, 2.45) is 0 Å². The summed E-state index contributed by atoms with van der Waals surface area (Å²) >= 11 is 0. The molecule has 0 saturated heterocycles. The Morgan fingerprint density at radius 2 is 2.05 bits per heavy atom. The maximum atomic E-state index is 13.3. The van der Waals surface area contributed by atoms with Crippen LogP contribution < -0.4 is 10.6 Å². The Bertz CT molecular complexity index is 451. The lowest BCUT2D eigenvalue weighted by molar-refractivity contribution is -0.137. The molecule has 0 spiro atoms. The molecular weight excluding hydrogens is 251 g/mol. The second kappa shape index (κ2) is 7.35. The molecule has 0 radical (unpaired) electrons. The van der Waals surface area contributed by atoms with Crippen LogP contribution >= 0.6 is 0 Å². The summed E-state index contributed by atoms with van der Waals surface area (Å²) in [5.74, 6) is -1.52. The molecule has 2 amide bonds. The van der Waals surface area contributed by atoms with Gasteiger partial charge in [-0.3, -0.25) is 4.79 Å². The molecule has 5 nitrogen and oxygen atoms in total. The van der Waals surface area contributed by atoms with E-state index in [2.05, 4.69) is 10.6 Å². The first-order chi connectivity index (χ1) is 9.02. The van der Waals surface area contributed by atoms with Crippen molar-refractivity contribution >= 4 is 17.7 Å². The van der Waals surface area contributed by atoms with E-state index in [4.69, 9.17) is 5.11 Å². The van der Waals surface area contributed by atoms with Gasteiger partial charge in [-0.05, 0) is 18.6 Å². The standard InChI is InChI=1S/C13H17FN2O3/c1-2-5-9(8-12(17)18)15-13(19)16-11-7-4-3-6-10(11)14/h3-4,6-7,9H,2,5,8H2,1H3,(H,17,18)(H2,15,16,19). The summed E-state index contributed by atoms with van der Waals surface area (Å²) in [7, 11) is 0. The molecule has 0 aromatic heterocycles. The number of carbonyl (C=O) groups excluding carboxylic acids is 1. The first-order valence-electron chi connectivity index (χ1n) is 6.06. The number of aliphatic carboxylic acids is 1. The van der Waals surface area contributed by atoms with E-state index >= 15 is 0 Å². The van der Waals surface area contributed by atoms with Crippen LogP contribution in [-0.4, -0.2) is 23.1 Å². The highest BCUT2D eigenvalue weighted by Gasteiger charge is 2.15. The third-order valence-corrected chi connectivity index (χ3v) is 2.52. The highest BCUT2D eigenvalue weighted by atomic mass is 19.1. The van der Waals surface area contributed by atoms with E-state index in [9.17, 15) is 14.0 Å². The Labute approximate surface area is 110 Å². The molecule has 6 heteroatoms. The maximum Gasteiger partial charge on any atom is 0.319 e. The number of anilines is 1. The molecule has 0 bridgehead atoms. The van der Waals surface area contributed by atoms with Crippen LogP contribution in [0.3, 0.4) is 0 Å². The lowest BCUT2D eigenvalue weighted by atomic mass is 10.1. The Morgan fingerprint density at radius 1 is 1.37 bits per heavy atom. The number of carboxylic acid groups (broad SMARTS) is 1. The number of carbonyl (C=O) groups is 2. The molecule has 1 aromatic carbocycles. The van der Waals surface area contributed by atoms with Gasteiger partial charge in [0.15, 0.2) is 0 Å². The lowest BCUT2D eigenvalue weighted by Gasteiger charge is -2.16. The summed E-state index contributed by atoms with van der Waals surface area (Å²) in [6, 6.07) is 4.71. The molecular formula is C13H17FN2O3. The summed E-state index contributed by atoms with van der Waals surface area (Å²) < 4.78 is 13.3. The monoisotopic (exact) mass is 268 g/mol. The summed E-state index contributed by atoms with van der Waals surface area (Å²) in [6.07, 6.45) is 1.15. The largest absolute Gasteiger partial charge is 0.481 e. The number of urea groups is 1. The van der Waals surface area contributed by atoms with E-state index in [1.54, 1.807) is 6.07 Å². The fourth-order valence-corrected chi connectivity index (χ4v) is 1.69. The third-order valence-electron chi connectivity index (χ3n) is 2.52. The summed E-state index contributed by atoms with van der Waals surface area (Å²) in [5, 5.41) is 13.6. The van der Waals surface area contributed by atoms with Crippen molar-refractivity contribution in [2.45, 2.75) is 32.2 Å². The Kier molecular flexibility index (Phi) is 5.78. The Hall–Kier alpha value is -2.11. The predicted octanol–water partition coefficient (Wildman–Crippen LogP) is 2.59. The number of hydrogen-bond donors (Lipinski definition) is 3. The van der Waals surface area contributed by atoms with Crippen LogP contribution in [0.15, 0.2) is 24.3 Å². The minimum Gasteiger partial charge on any atom is -0.481 e. The third kappa shape index (κ3) is 5.37. The van der Waals surface area contributed by atoms with E-state index in [-0.39, 0.29) is 12.1 Å². The highest BCUT2D eigenvalue weighted by Crippen LogP contribution is 2.12. The second-order valence-corrected chi connectivity index (χ2v) is 4.16. The van der Waals surface area contributed by atoms with Gasteiger partial charge in [-0.1, -0.05) is 25.5 Å². The molecule has 0 aliphatic heterocycles. The van der Waals surface area contributed by atoms with E-state index in [1.165, 1.54) is 18.2 Å². The van der Waals surface area contributed by atoms with E-state index < -0.39 is 23.9 Å². The first-order valence-corrected chi connectivity index (χ1v) is 6.06. The van der Waals surface area contributed by atoms with Gasteiger partial charge in [-0.15, -0.1) is 0 Å². The Balaban J connectivity index is 2.57. The molecule has 0 saturated carbocycles. The smallest absolute Gasteiger partial charge is 0.319 e. The number of amides is 2. The van der Waals surface area contributed by atoms with E-state index in [0.29, 0.717) is 6.42 Å². The molecule has 104 valence electrons. The van der Waals surface area contributed by atoms with Crippen LogP contribution in [-0.2, 0) is 4.79 Å². The zero-order valence-electron chi connectivity index (χ0n) is 10.6. The molecule has 19 heavy (non-hydrogen) atoms. The van der Waals surface area contributed by atoms with Crippen LogP contribution in [0.25, 0.3) is 0 Å². The molecule has 1 atom stereocenters. The zero-order chi connectivity index (χ0) is 14.3. The average Bonchev–Trinajstić information content (AvgIpc) is 2.31. The van der Waals surface area contributed by atoms with Gasteiger partial charge in [0.1, 0.15) is 5.82 Å². The quantitative estimate of drug-likeness (QED) is 0.742. The minimum absolute atomic E-state index is 0.0607. The van der Waals surface area contributed by atoms with Crippen LogP contribution in [0.2, 0.25) is 0 Å². The molecule has 1 rings (SSSR count). The molecule has 0 aliphatic carbocycles. The summed E-state index contributed by atoms with van der Waals surface area (Å²) in [5.41, 5.74) is 0.0607. The summed E-state index contributed by atoms with van der Waals surface area (Å²) in [4.78, 5) is 22.3. The number of benzene rings is 1. The fraction of sp³-hybridized carbons (Fsp3) is 0.385. The zero-order valence-corrected chi connectivity index (χ0v) is 10.6. The van der Waals surface area contributed by atoms with Crippen molar-refractivity contribution in [2.75, 3.05) is 5.32 Å². The lowest BCUT2D eigenvalue weighted by Crippen LogP contribution is -2.39. The van der Waals surface area contributed by atoms with Crippen molar-refractivity contribution in [3.63, 3.8) is 0 Å². The summed E-state index contributed by atoms with van der Waals surface area (Å²) in [6.45, 7) is 1.89. The number of halogens is 1. The molecule has 1 unspecified atom stereocenters. The Morgan fingerprint density at radius 3 is 2.63 bits per heavy atom. The van der Waals surface area contributed by atoms with E-state index in [1.807, 2.05) is 6.92 Å². The van der Waals surface area contributed by atoms with Crippen LogP contribution in [0, 0.1) is 5.82 Å². The predicted molar refractivity (Wildman–Crippen MR) is 69.5 cm³/mol. The van der Waals surface area contributed by atoms with Crippen molar-refractivity contribution in [3.8, 4) is 0 Å². The van der Waals surface area contributed by atoms with Gasteiger partial charge in [0.05, 0.1) is 12.1 Å². The molecule has 0 aliphatic rings. The van der Waals surface area contributed by atoms with Gasteiger partial charge in [0, 0.05) is 6.04 Å². The molecule has 0 heterocycles. The van der Waals surface area contributed by atoms with Crippen molar-refractivity contribution in [1.29, 1.82) is 0 Å². The number of rotatable bonds is 6. The van der Waals surface area contributed by atoms with Crippen LogP contribution in [0.5, 0.6) is 0 Å². The van der Waals surface area contributed by atoms with Gasteiger partial charge in [0.25, 0.3) is 0 Å². The van der Waals surface area contributed by atoms with Gasteiger partial charge < -0.3 is 15.7 Å². The number of nitrogens with one attached hydrogen (secondary N) is 2. The van der Waals surface area contributed by atoms with Crippen molar-refractivity contribution in [1.82, 2.24) is 5.32 Å². The van der Waals surface area contributed by atoms with Crippen molar-refractivity contribution < 1.29 is 19.1 Å².